The van der Waals surface area contributed by atoms with E-state index in [9.17, 15) is 9.59 Å². The fourth-order valence-corrected chi connectivity index (χ4v) is 3.42. The molecule has 1 aromatic carbocycles. The van der Waals surface area contributed by atoms with Gasteiger partial charge in [-0.05, 0) is 26.7 Å². The molecule has 2 aliphatic rings. The van der Waals surface area contributed by atoms with Crippen LogP contribution in [0.3, 0.4) is 0 Å². The lowest BCUT2D eigenvalue weighted by atomic mass is 10.2. The van der Waals surface area contributed by atoms with E-state index in [4.69, 9.17) is 23.7 Å². The number of ether oxygens (including phenoxy) is 5. The van der Waals surface area contributed by atoms with Crippen LogP contribution in [0.4, 0.5) is 11.4 Å². The van der Waals surface area contributed by atoms with E-state index < -0.39 is 18.0 Å². The molecule has 9 heteroatoms. The molecule has 0 saturated carbocycles. The molecule has 2 saturated heterocycles. The van der Waals surface area contributed by atoms with Gasteiger partial charge in [0, 0.05) is 31.8 Å². The Bertz CT molecular complexity index is 728. The lowest BCUT2D eigenvalue weighted by Gasteiger charge is -2.31. The molecule has 0 unspecified atom stereocenters. The Kier molecular flexibility index (Phi) is 8.15. The Morgan fingerprint density at radius 1 is 1.10 bits per heavy atom. The molecule has 1 atom stereocenters. The van der Waals surface area contributed by atoms with Crippen molar-refractivity contribution in [3.05, 3.63) is 12.1 Å². The average molecular weight is 422 g/mol. The van der Waals surface area contributed by atoms with Crippen molar-refractivity contribution < 1.29 is 33.3 Å². The van der Waals surface area contributed by atoms with Gasteiger partial charge in [-0.25, -0.2) is 4.79 Å². The van der Waals surface area contributed by atoms with Gasteiger partial charge in [0.2, 0.25) is 0 Å². The van der Waals surface area contributed by atoms with Crippen molar-refractivity contribution in [3.63, 3.8) is 0 Å². The van der Waals surface area contributed by atoms with Crippen LogP contribution in [0, 0.1) is 0 Å². The summed E-state index contributed by atoms with van der Waals surface area (Å²) < 4.78 is 27.4. The quantitative estimate of drug-likeness (QED) is 0.604. The van der Waals surface area contributed by atoms with Crippen LogP contribution in [-0.2, 0) is 23.8 Å². The van der Waals surface area contributed by atoms with Gasteiger partial charge in [-0.15, -0.1) is 0 Å². The normalized spacial score (nSPS) is 18.7. The zero-order valence-corrected chi connectivity index (χ0v) is 17.6. The second-order valence-electron chi connectivity index (χ2n) is 6.94. The molecule has 0 aliphatic carbocycles. The molecule has 2 heterocycles. The van der Waals surface area contributed by atoms with Gasteiger partial charge in [-0.1, -0.05) is 0 Å². The zero-order valence-electron chi connectivity index (χ0n) is 17.6. The summed E-state index contributed by atoms with van der Waals surface area (Å²) in [7, 11) is 0. The van der Waals surface area contributed by atoms with E-state index in [1.54, 1.807) is 6.07 Å². The van der Waals surface area contributed by atoms with Crippen LogP contribution in [0.2, 0.25) is 0 Å². The van der Waals surface area contributed by atoms with Crippen LogP contribution in [0.5, 0.6) is 11.5 Å². The van der Waals surface area contributed by atoms with Crippen molar-refractivity contribution in [2.75, 3.05) is 62.9 Å². The molecule has 1 amide bonds. The minimum absolute atomic E-state index is 0.389. The topological polar surface area (TPSA) is 95.6 Å². The molecule has 3 rings (SSSR count). The van der Waals surface area contributed by atoms with E-state index in [1.807, 2.05) is 19.9 Å². The number of nitrogens with one attached hydrogen (secondary N) is 1. The summed E-state index contributed by atoms with van der Waals surface area (Å²) in [6, 6.07) is 3.62. The van der Waals surface area contributed by atoms with Crippen LogP contribution in [-0.4, -0.2) is 70.7 Å². The summed E-state index contributed by atoms with van der Waals surface area (Å²) in [5.74, 6) is 0.213. The molecule has 1 N–H and O–H groups in total. The van der Waals surface area contributed by atoms with Crippen molar-refractivity contribution >= 4 is 23.3 Å². The van der Waals surface area contributed by atoms with E-state index in [0.29, 0.717) is 56.6 Å². The van der Waals surface area contributed by atoms with E-state index in [2.05, 4.69) is 10.2 Å². The monoisotopic (exact) mass is 422 g/mol. The number of carbonyl (C=O) groups excluding carboxylic acids is 2. The smallest absolute Gasteiger partial charge is 0.335 e. The van der Waals surface area contributed by atoms with Crippen molar-refractivity contribution in [1.29, 1.82) is 0 Å². The second kappa shape index (κ2) is 11.0. The summed E-state index contributed by atoms with van der Waals surface area (Å²) in [6.45, 7) is 7.63. The van der Waals surface area contributed by atoms with Crippen LogP contribution >= 0.6 is 0 Å². The number of amides is 1. The Balaban J connectivity index is 1.72. The molecule has 2 aliphatic heterocycles. The number of anilines is 2. The standard InChI is InChI=1S/C21H30N2O7/c1-3-27-18-13-16(23-7-10-26-11-8-23)19(28-4-2)12-15(18)22-20(24)14-30-21(25)17-6-5-9-29-17/h12-13,17H,3-11,14H2,1-2H3,(H,22,24)/t17-/m0/s1. The maximum Gasteiger partial charge on any atom is 0.335 e. The van der Waals surface area contributed by atoms with Gasteiger partial charge in [0.25, 0.3) is 5.91 Å². The number of benzene rings is 1. The summed E-state index contributed by atoms with van der Waals surface area (Å²) in [4.78, 5) is 26.5. The molecular formula is C21H30N2O7. The molecule has 0 aromatic heterocycles. The third kappa shape index (κ3) is 5.76. The first-order valence-corrected chi connectivity index (χ1v) is 10.5. The van der Waals surface area contributed by atoms with Gasteiger partial charge in [0.05, 0.1) is 37.8 Å². The molecule has 0 spiro atoms. The number of nitrogens with zero attached hydrogens (tertiary/aromatic N) is 1. The molecule has 1 aromatic rings. The predicted molar refractivity (Wildman–Crippen MR) is 110 cm³/mol. The fraction of sp³-hybridized carbons (Fsp3) is 0.619. The van der Waals surface area contributed by atoms with Gasteiger partial charge in [0.1, 0.15) is 11.5 Å². The van der Waals surface area contributed by atoms with Gasteiger partial charge in [-0.3, -0.25) is 4.79 Å². The third-order valence-electron chi connectivity index (χ3n) is 4.82. The van der Waals surface area contributed by atoms with Gasteiger partial charge in [0.15, 0.2) is 12.7 Å². The Morgan fingerprint density at radius 3 is 2.50 bits per heavy atom. The lowest BCUT2D eigenvalue weighted by molar-refractivity contribution is -0.156. The van der Waals surface area contributed by atoms with Crippen LogP contribution in [0.15, 0.2) is 12.1 Å². The van der Waals surface area contributed by atoms with Crippen molar-refractivity contribution in [1.82, 2.24) is 0 Å². The summed E-state index contributed by atoms with van der Waals surface area (Å²) >= 11 is 0. The van der Waals surface area contributed by atoms with Crippen molar-refractivity contribution in [3.8, 4) is 11.5 Å². The SMILES string of the molecule is CCOc1cc(N2CCOCC2)c(OCC)cc1NC(=O)COC(=O)[C@@H]1CCCO1. The first kappa shape index (κ1) is 22.2. The van der Waals surface area contributed by atoms with Crippen molar-refractivity contribution in [2.24, 2.45) is 0 Å². The van der Waals surface area contributed by atoms with E-state index in [-0.39, 0.29) is 6.61 Å². The largest absolute Gasteiger partial charge is 0.492 e. The highest BCUT2D eigenvalue weighted by atomic mass is 16.6. The van der Waals surface area contributed by atoms with Crippen LogP contribution in [0.25, 0.3) is 0 Å². The Morgan fingerprint density at radius 2 is 1.83 bits per heavy atom. The number of esters is 1. The van der Waals surface area contributed by atoms with Crippen LogP contribution < -0.4 is 19.7 Å². The Labute approximate surface area is 176 Å². The van der Waals surface area contributed by atoms with E-state index in [1.165, 1.54) is 0 Å². The molecule has 0 radical (unpaired) electrons. The van der Waals surface area contributed by atoms with E-state index >= 15 is 0 Å². The maximum absolute atomic E-state index is 12.4. The fourth-order valence-electron chi connectivity index (χ4n) is 3.42. The van der Waals surface area contributed by atoms with Crippen molar-refractivity contribution in [2.45, 2.75) is 32.8 Å². The summed E-state index contributed by atoms with van der Waals surface area (Å²) in [5, 5.41) is 2.77. The van der Waals surface area contributed by atoms with Gasteiger partial charge >= 0.3 is 5.97 Å². The summed E-state index contributed by atoms with van der Waals surface area (Å²) in [5.41, 5.74) is 1.36. The van der Waals surface area contributed by atoms with Gasteiger partial charge < -0.3 is 33.9 Å². The molecule has 2 fully saturated rings. The molecule has 0 bridgehead atoms. The van der Waals surface area contributed by atoms with Crippen LogP contribution in [0.1, 0.15) is 26.7 Å². The highest BCUT2D eigenvalue weighted by molar-refractivity contribution is 5.95. The first-order valence-electron chi connectivity index (χ1n) is 10.5. The predicted octanol–water partition coefficient (Wildman–Crippen LogP) is 1.98. The lowest BCUT2D eigenvalue weighted by Crippen LogP contribution is -2.36. The van der Waals surface area contributed by atoms with Gasteiger partial charge in [-0.2, -0.15) is 0 Å². The molecular weight excluding hydrogens is 392 g/mol. The number of rotatable bonds is 9. The number of morpholine rings is 1. The minimum atomic E-state index is -0.575. The zero-order chi connectivity index (χ0) is 21.3. The first-order chi connectivity index (χ1) is 14.6. The molecule has 166 valence electrons. The molecule has 30 heavy (non-hydrogen) atoms. The Hall–Kier alpha value is -2.52. The second-order valence-corrected chi connectivity index (χ2v) is 6.94. The number of carbonyl (C=O) groups is 2. The highest BCUT2D eigenvalue weighted by Gasteiger charge is 2.26. The number of hydrogen-bond acceptors (Lipinski definition) is 8. The number of hydrogen-bond donors (Lipinski definition) is 1. The molecule has 9 nitrogen and oxygen atoms in total. The highest BCUT2D eigenvalue weighted by Crippen LogP contribution is 2.39. The van der Waals surface area contributed by atoms with E-state index in [0.717, 1.165) is 25.2 Å². The third-order valence-corrected chi connectivity index (χ3v) is 4.82. The summed E-state index contributed by atoms with van der Waals surface area (Å²) in [6.07, 6.45) is 0.865. The minimum Gasteiger partial charge on any atom is -0.492 e. The average Bonchev–Trinajstić information content (AvgIpc) is 3.30. The maximum atomic E-state index is 12.4.